The quantitative estimate of drug-likeness (QED) is 0.662. The topological polar surface area (TPSA) is 12.0 Å². The van der Waals surface area contributed by atoms with Crippen LogP contribution in [-0.4, -0.2) is 25.1 Å². The van der Waals surface area contributed by atoms with Crippen molar-refractivity contribution < 1.29 is 0 Å². The zero-order chi connectivity index (χ0) is 7.98. The predicted molar refractivity (Wildman–Crippen MR) is 50.7 cm³/mol. The van der Waals surface area contributed by atoms with Gasteiger partial charge >= 0.3 is 0 Å². The van der Waals surface area contributed by atoms with Crippen molar-refractivity contribution in [3.05, 3.63) is 0 Å². The summed E-state index contributed by atoms with van der Waals surface area (Å²) in [6.45, 7) is 4.54. The standard InChI is InChI=1S/C8H19NS/c1-7(2)5-8(9-3)6-10-4/h7-9H,5-6H2,1-4H3. The van der Waals surface area contributed by atoms with Gasteiger partial charge in [0, 0.05) is 11.8 Å². The summed E-state index contributed by atoms with van der Waals surface area (Å²) < 4.78 is 0. The second kappa shape index (κ2) is 6.05. The fourth-order valence-electron chi connectivity index (χ4n) is 1.04. The minimum atomic E-state index is 0.704. The molecule has 0 aromatic rings. The summed E-state index contributed by atoms with van der Waals surface area (Å²) in [5.74, 6) is 2.04. The maximum atomic E-state index is 3.31. The molecule has 0 aliphatic carbocycles. The molecule has 1 unspecified atom stereocenters. The van der Waals surface area contributed by atoms with E-state index in [4.69, 9.17) is 0 Å². The second-order valence-corrected chi connectivity index (χ2v) is 3.98. The molecule has 0 aromatic heterocycles. The Hall–Kier alpha value is 0.310. The van der Waals surface area contributed by atoms with Crippen molar-refractivity contribution in [3.63, 3.8) is 0 Å². The van der Waals surface area contributed by atoms with E-state index in [0.717, 1.165) is 5.92 Å². The first-order chi connectivity index (χ1) is 4.70. The van der Waals surface area contributed by atoms with E-state index in [1.165, 1.54) is 12.2 Å². The molecule has 0 rings (SSSR count). The molecule has 0 aromatic carbocycles. The van der Waals surface area contributed by atoms with Crippen LogP contribution in [0.3, 0.4) is 0 Å². The minimum absolute atomic E-state index is 0.704. The monoisotopic (exact) mass is 161 g/mol. The number of hydrogen-bond acceptors (Lipinski definition) is 2. The first kappa shape index (κ1) is 10.3. The van der Waals surface area contributed by atoms with Gasteiger partial charge in [-0.15, -0.1) is 0 Å². The number of nitrogens with one attached hydrogen (secondary N) is 1. The van der Waals surface area contributed by atoms with E-state index in [1.54, 1.807) is 0 Å². The Morgan fingerprint density at radius 1 is 1.40 bits per heavy atom. The maximum absolute atomic E-state index is 3.31. The van der Waals surface area contributed by atoms with Gasteiger partial charge in [0.15, 0.2) is 0 Å². The molecular weight excluding hydrogens is 142 g/mol. The van der Waals surface area contributed by atoms with Crippen LogP contribution in [0.2, 0.25) is 0 Å². The van der Waals surface area contributed by atoms with Gasteiger partial charge in [0.05, 0.1) is 0 Å². The van der Waals surface area contributed by atoms with Gasteiger partial charge in [0.25, 0.3) is 0 Å². The summed E-state index contributed by atoms with van der Waals surface area (Å²) in [6.07, 6.45) is 3.45. The van der Waals surface area contributed by atoms with Crippen molar-refractivity contribution in [1.82, 2.24) is 5.32 Å². The summed E-state index contributed by atoms with van der Waals surface area (Å²) in [5.41, 5.74) is 0. The lowest BCUT2D eigenvalue weighted by molar-refractivity contribution is 0.474. The highest BCUT2D eigenvalue weighted by atomic mass is 32.2. The number of rotatable bonds is 5. The van der Waals surface area contributed by atoms with Gasteiger partial charge < -0.3 is 5.32 Å². The van der Waals surface area contributed by atoms with E-state index in [0.29, 0.717) is 6.04 Å². The average Bonchev–Trinajstić information content (AvgIpc) is 1.86. The number of thioether (sulfide) groups is 1. The third kappa shape index (κ3) is 5.12. The highest BCUT2D eigenvalue weighted by Gasteiger charge is 2.06. The van der Waals surface area contributed by atoms with Crippen LogP contribution in [0.25, 0.3) is 0 Å². The zero-order valence-electron chi connectivity index (χ0n) is 7.48. The fraction of sp³-hybridized carbons (Fsp3) is 1.00. The lowest BCUT2D eigenvalue weighted by Crippen LogP contribution is -2.29. The molecule has 10 heavy (non-hydrogen) atoms. The van der Waals surface area contributed by atoms with Gasteiger partial charge in [-0.2, -0.15) is 11.8 Å². The molecule has 1 nitrogen and oxygen atoms in total. The molecule has 0 radical (unpaired) electrons. The molecule has 62 valence electrons. The van der Waals surface area contributed by atoms with Crippen molar-refractivity contribution in [2.24, 2.45) is 5.92 Å². The van der Waals surface area contributed by atoms with Crippen molar-refractivity contribution >= 4 is 11.8 Å². The van der Waals surface area contributed by atoms with Crippen LogP contribution in [0, 0.1) is 5.92 Å². The van der Waals surface area contributed by atoms with E-state index in [-0.39, 0.29) is 0 Å². The van der Waals surface area contributed by atoms with Gasteiger partial charge in [0.1, 0.15) is 0 Å². The van der Waals surface area contributed by atoms with Crippen LogP contribution < -0.4 is 5.32 Å². The largest absolute Gasteiger partial charge is 0.316 e. The van der Waals surface area contributed by atoms with Crippen molar-refractivity contribution in [1.29, 1.82) is 0 Å². The first-order valence-electron chi connectivity index (χ1n) is 3.87. The van der Waals surface area contributed by atoms with Crippen LogP contribution in [0.1, 0.15) is 20.3 Å². The molecule has 1 atom stereocenters. The molecule has 0 aliphatic rings. The van der Waals surface area contributed by atoms with Crippen molar-refractivity contribution in [2.45, 2.75) is 26.3 Å². The van der Waals surface area contributed by atoms with Crippen LogP contribution in [0.5, 0.6) is 0 Å². The average molecular weight is 161 g/mol. The third-order valence-electron chi connectivity index (χ3n) is 1.53. The van der Waals surface area contributed by atoms with E-state index in [1.807, 2.05) is 18.8 Å². The third-order valence-corrected chi connectivity index (χ3v) is 2.27. The molecule has 0 fully saturated rings. The van der Waals surface area contributed by atoms with Crippen LogP contribution in [0.4, 0.5) is 0 Å². The molecule has 0 saturated carbocycles. The minimum Gasteiger partial charge on any atom is -0.316 e. The molecular formula is C8H19NS. The Bertz CT molecular complexity index is 73.7. The molecule has 0 amide bonds. The van der Waals surface area contributed by atoms with Crippen LogP contribution in [-0.2, 0) is 0 Å². The lowest BCUT2D eigenvalue weighted by Gasteiger charge is -2.16. The van der Waals surface area contributed by atoms with E-state index < -0.39 is 0 Å². The highest BCUT2D eigenvalue weighted by Crippen LogP contribution is 2.07. The Labute approximate surface area is 69.0 Å². The second-order valence-electron chi connectivity index (χ2n) is 3.07. The molecule has 0 spiro atoms. The SMILES string of the molecule is CNC(CSC)CC(C)C. The van der Waals surface area contributed by atoms with E-state index in [2.05, 4.69) is 25.4 Å². The van der Waals surface area contributed by atoms with E-state index in [9.17, 15) is 0 Å². The zero-order valence-corrected chi connectivity index (χ0v) is 8.29. The Balaban J connectivity index is 3.39. The van der Waals surface area contributed by atoms with Crippen LogP contribution in [0.15, 0.2) is 0 Å². The number of hydrogen-bond donors (Lipinski definition) is 1. The Morgan fingerprint density at radius 2 is 2.00 bits per heavy atom. The molecule has 2 heteroatoms. The molecule has 0 heterocycles. The van der Waals surface area contributed by atoms with Crippen molar-refractivity contribution in [3.8, 4) is 0 Å². The van der Waals surface area contributed by atoms with Gasteiger partial charge in [0.2, 0.25) is 0 Å². The summed E-state index contributed by atoms with van der Waals surface area (Å²) in [5, 5.41) is 3.31. The molecule has 0 aliphatic heterocycles. The summed E-state index contributed by atoms with van der Waals surface area (Å²) >= 11 is 1.91. The molecule has 0 bridgehead atoms. The molecule has 0 saturated heterocycles. The van der Waals surface area contributed by atoms with Gasteiger partial charge in [-0.3, -0.25) is 0 Å². The summed E-state index contributed by atoms with van der Waals surface area (Å²) in [7, 11) is 2.04. The van der Waals surface area contributed by atoms with Crippen molar-refractivity contribution in [2.75, 3.05) is 19.1 Å². The van der Waals surface area contributed by atoms with Gasteiger partial charge in [-0.1, -0.05) is 13.8 Å². The smallest absolute Gasteiger partial charge is 0.0157 e. The summed E-state index contributed by atoms with van der Waals surface area (Å²) in [6, 6.07) is 0.704. The Morgan fingerprint density at radius 3 is 2.30 bits per heavy atom. The Kier molecular flexibility index (Phi) is 6.24. The van der Waals surface area contributed by atoms with Crippen LogP contribution >= 0.6 is 11.8 Å². The maximum Gasteiger partial charge on any atom is 0.0157 e. The van der Waals surface area contributed by atoms with E-state index >= 15 is 0 Å². The van der Waals surface area contributed by atoms with Gasteiger partial charge in [-0.05, 0) is 25.6 Å². The predicted octanol–water partition coefficient (Wildman–Crippen LogP) is 1.98. The lowest BCUT2D eigenvalue weighted by atomic mass is 10.1. The normalized spacial score (nSPS) is 14.1. The first-order valence-corrected chi connectivity index (χ1v) is 5.26. The summed E-state index contributed by atoms with van der Waals surface area (Å²) in [4.78, 5) is 0. The van der Waals surface area contributed by atoms with Gasteiger partial charge in [-0.25, -0.2) is 0 Å². The fourth-order valence-corrected chi connectivity index (χ4v) is 1.74. The molecule has 1 N–H and O–H groups in total. The highest BCUT2D eigenvalue weighted by molar-refractivity contribution is 7.98.